The summed E-state index contributed by atoms with van der Waals surface area (Å²) in [6.07, 6.45) is 4.40. The highest BCUT2D eigenvalue weighted by Crippen LogP contribution is 2.30. The average molecular weight is 153 g/mol. The predicted octanol–water partition coefficient (Wildman–Crippen LogP) is 1.41. The number of rotatable bonds is 0. The van der Waals surface area contributed by atoms with Crippen LogP contribution in [-0.4, -0.2) is 23.4 Å². The lowest BCUT2D eigenvalue weighted by Crippen LogP contribution is -2.38. The Hall–Kier alpha value is -0.530. The molecule has 0 radical (unpaired) electrons. The lowest BCUT2D eigenvalue weighted by atomic mass is 10.0. The monoisotopic (exact) mass is 153 g/mol. The smallest absolute Gasteiger partial charge is 0.222 e. The summed E-state index contributed by atoms with van der Waals surface area (Å²) in [5, 5.41) is 0. The second kappa shape index (κ2) is 2.50. The summed E-state index contributed by atoms with van der Waals surface area (Å²) in [5.74, 6) is 1.13. The van der Waals surface area contributed by atoms with E-state index in [0.29, 0.717) is 11.9 Å². The third kappa shape index (κ3) is 1.15. The molecule has 2 heterocycles. The number of carbonyl (C=O) groups is 1. The van der Waals surface area contributed by atoms with Crippen LogP contribution < -0.4 is 0 Å². The first kappa shape index (κ1) is 7.14. The fourth-order valence-corrected chi connectivity index (χ4v) is 2.36. The lowest BCUT2D eigenvalue weighted by Gasteiger charge is -2.29. The SMILES string of the molecule is CC1CC2CCCC(=O)N2C1. The van der Waals surface area contributed by atoms with Gasteiger partial charge in [0.05, 0.1) is 0 Å². The highest BCUT2D eigenvalue weighted by Gasteiger charge is 2.34. The second-order valence-electron chi connectivity index (χ2n) is 3.93. The largest absolute Gasteiger partial charge is 0.339 e. The predicted molar refractivity (Wildman–Crippen MR) is 43.1 cm³/mol. The first-order valence-corrected chi connectivity index (χ1v) is 4.57. The van der Waals surface area contributed by atoms with Crippen molar-refractivity contribution < 1.29 is 4.79 Å². The molecule has 11 heavy (non-hydrogen) atoms. The minimum absolute atomic E-state index is 0.394. The Morgan fingerprint density at radius 3 is 3.09 bits per heavy atom. The van der Waals surface area contributed by atoms with Crippen molar-refractivity contribution in [3.05, 3.63) is 0 Å². The molecule has 1 amide bonds. The van der Waals surface area contributed by atoms with Gasteiger partial charge in [-0.3, -0.25) is 4.79 Å². The summed E-state index contributed by atoms with van der Waals surface area (Å²) in [5.41, 5.74) is 0. The molecule has 0 saturated carbocycles. The van der Waals surface area contributed by atoms with Gasteiger partial charge in [-0.1, -0.05) is 6.92 Å². The second-order valence-corrected chi connectivity index (χ2v) is 3.93. The molecule has 2 rings (SSSR count). The van der Waals surface area contributed by atoms with E-state index in [-0.39, 0.29) is 0 Å². The number of carbonyl (C=O) groups excluding carboxylic acids is 1. The number of fused-ring (bicyclic) bond motifs is 1. The van der Waals surface area contributed by atoms with Crippen LogP contribution >= 0.6 is 0 Å². The van der Waals surface area contributed by atoms with Crippen LogP contribution in [0.25, 0.3) is 0 Å². The van der Waals surface area contributed by atoms with E-state index >= 15 is 0 Å². The van der Waals surface area contributed by atoms with E-state index in [2.05, 4.69) is 11.8 Å². The molecule has 0 spiro atoms. The van der Waals surface area contributed by atoms with Crippen molar-refractivity contribution in [3.63, 3.8) is 0 Å². The van der Waals surface area contributed by atoms with Crippen LogP contribution in [0.2, 0.25) is 0 Å². The van der Waals surface area contributed by atoms with E-state index in [1.54, 1.807) is 0 Å². The fraction of sp³-hybridized carbons (Fsp3) is 0.889. The standard InChI is InChI=1S/C9H15NO/c1-7-5-8-3-2-4-9(11)10(8)6-7/h7-8H,2-6H2,1H3. The van der Waals surface area contributed by atoms with Crippen LogP contribution in [0.3, 0.4) is 0 Å². The Morgan fingerprint density at radius 2 is 2.36 bits per heavy atom. The highest BCUT2D eigenvalue weighted by molar-refractivity contribution is 5.77. The quantitative estimate of drug-likeness (QED) is 0.515. The Morgan fingerprint density at radius 1 is 1.55 bits per heavy atom. The Labute approximate surface area is 67.6 Å². The van der Waals surface area contributed by atoms with Crippen molar-refractivity contribution in [1.29, 1.82) is 0 Å². The molecule has 62 valence electrons. The molecule has 2 heteroatoms. The van der Waals surface area contributed by atoms with Crippen molar-refractivity contribution in [2.45, 2.75) is 38.6 Å². The van der Waals surface area contributed by atoms with E-state index in [9.17, 15) is 4.79 Å². The van der Waals surface area contributed by atoms with Crippen LogP contribution in [0.1, 0.15) is 32.6 Å². The molecule has 0 aromatic rings. The summed E-state index contributed by atoms with van der Waals surface area (Å²) in [6, 6.07) is 0.603. The molecule has 2 nitrogen and oxygen atoms in total. The molecule has 0 bridgehead atoms. The normalized spacial score (nSPS) is 37.5. The molecular formula is C9H15NO. The minimum atomic E-state index is 0.394. The van der Waals surface area contributed by atoms with Crippen LogP contribution in [0.5, 0.6) is 0 Å². The summed E-state index contributed by atoms with van der Waals surface area (Å²) >= 11 is 0. The van der Waals surface area contributed by atoms with Gasteiger partial charge in [0, 0.05) is 19.0 Å². The van der Waals surface area contributed by atoms with Crippen molar-refractivity contribution in [3.8, 4) is 0 Å². The van der Waals surface area contributed by atoms with Gasteiger partial charge in [0.15, 0.2) is 0 Å². The first-order valence-electron chi connectivity index (χ1n) is 4.57. The van der Waals surface area contributed by atoms with Crippen molar-refractivity contribution >= 4 is 5.91 Å². The van der Waals surface area contributed by atoms with Crippen LogP contribution in [0.15, 0.2) is 0 Å². The first-order chi connectivity index (χ1) is 5.27. The van der Waals surface area contributed by atoms with Gasteiger partial charge in [-0.25, -0.2) is 0 Å². The van der Waals surface area contributed by atoms with Crippen LogP contribution in [0, 0.1) is 5.92 Å². The van der Waals surface area contributed by atoms with Gasteiger partial charge in [0.1, 0.15) is 0 Å². The molecule has 2 saturated heterocycles. The lowest BCUT2D eigenvalue weighted by molar-refractivity contribution is -0.134. The molecule has 0 aromatic heterocycles. The van der Waals surface area contributed by atoms with Crippen LogP contribution in [0.4, 0.5) is 0 Å². The molecule has 2 aliphatic heterocycles. The third-order valence-electron chi connectivity index (χ3n) is 2.87. The van der Waals surface area contributed by atoms with Crippen LogP contribution in [-0.2, 0) is 4.79 Å². The van der Waals surface area contributed by atoms with Gasteiger partial charge >= 0.3 is 0 Å². The van der Waals surface area contributed by atoms with Gasteiger partial charge in [-0.05, 0) is 25.2 Å². The third-order valence-corrected chi connectivity index (χ3v) is 2.87. The zero-order chi connectivity index (χ0) is 7.84. The molecule has 0 aliphatic carbocycles. The van der Waals surface area contributed by atoms with E-state index in [1.165, 1.54) is 12.8 Å². The van der Waals surface area contributed by atoms with Gasteiger partial charge < -0.3 is 4.90 Å². The zero-order valence-electron chi connectivity index (χ0n) is 7.05. The van der Waals surface area contributed by atoms with E-state index < -0.39 is 0 Å². The number of nitrogens with zero attached hydrogens (tertiary/aromatic N) is 1. The van der Waals surface area contributed by atoms with Gasteiger partial charge in [-0.15, -0.1) is 0 Å². The Kier molecular flexibility index (Phi) is 1.63. The van der Waals surface area contributed by atoms with Gasteiger partial charge in [0.25, 0.3) is 0 Å². The average Bonchev–Trinajstić information content (AvgIpc) is 2.31. The van der Waals surface area contributed by atoms with E-state index in [4.69, 9.17) is 0 Å². The van der Waals surface area contributed by atoms with Crippen molar-refractivity contribution in [2.75, 3.05) is 6.54 Å². The fourth-order valence-electron chi connectivity index (χ4n) is 2.36. The summed E-state index contributed by atoms with van der Waals surface area (Å²) < 4.78 is 0. The number of hydrogen-bond acceptors (Lipinski definition) is 1. The molecular weight excluding hydrogens is 138 g/mol. The Bertz CT molecular complexity index is 178. The number of amides is 1. The van der Waals surface area contributed by atoms with E-state index in [0.717, 1.165) is 25.3 Å². The molecule has 2 unspecified atom stereocenters. The topological polar surface area (TPSA) is 20.3 Å². The molecule has 2 aliphatic rings. The zero-order valence-corrected chi connectivity index (χ0v) is 7.05. The summed E-state index contributed by atoms with van der Waals surface area (Å²) in [6.45, 7) is 3.26. The number of hydrogen-bond donors (Lipinski definition) is 0. The molecule has 0 N–H and O–H groups in total. The van der Waals surface area contributed by atoms with Crippen molar-refractivity contribution in [2.24, 2.45) is 5.92 Å². The molecule has 0 aromatic carbocycles. The van der Waals surface area contributed by atoms with Crippen molar-refractivity contribution in [1.82, 2.24) is 4.90 Å². The van der Waals surface area contributed by atoms with E-state index in [1.807, 2.05) is 0 Å². The minimum Gasteiger partial charge on any atom is -0.339 e. The molecule has 2 fully saturated rings. The summed E-state index contributed by atoms with van der Waals surface area (Å²) in [7, 11) is 0. The maximum atomic E-state index is 11.3. The number of piperidine rings is 1. The highest BCUT2D eigenvalue weighted by atomic mass is 16.2. The maximum Gasteiger partial charge on any atom is 0.222 e. The summed E-state index contributed by atoms with van der Waals surface area (Å²) in [4.78, 5) is 13.4. The maximum absolute atomic E-state index is 11.3. The molecule has 2 atom stereocenters. The Balaban J connectivity index is 2.09. The van der Waals surface area contributed by atoms with Gasteiger partial charge in [-0.2, -0.15) is 0 Å². The van der Waals surface area contributed by atoms with Gasteiger partial charge in [0.2, 0.25) is 5.91 Å².